The third-order valence-electron chi connectivity index (χ3n) is 6.69. The number of amides is 2. The third kappa shape index (κ3) is 4.46. The van der Waals surface area contributed by atoms with Gasteiger partial charge in [-0.1, -0.05) is 13.8 Å². The second-order valence-corrected chi connectivity index (χ2v) is 10.0. The van der Waals surface area contributed by atoms with Gasteiger partial charge in [0, 0.05) is 56.4 Å². The Morgan fingerprint density at radius 2 is 1.88 bits per heavy atom. The molecule has 3 fully saturated rings. The summed E-state index contributed by atoms with van der Waals surface area (Å²) in [4.78, 5) is 42.8. The predicted molar refractivity (Wildman–Crippen MR) is 127 cm³/mol. The highest BCUT2D eigenvalue weighted by molar-refractivity contribution is 5.97. The van der Waals surface area contributed by atoms with Gasteiger partial charge in [-0.25, -0.2) is 0 Å². The molecule has 2 saturated carbocycles. The smallest absolute Gasteiger partial charge is 0.291 e. The fourth-order valence-electron chi connectivity index (χ4n) is 4.56. The molecule has 10 heteroatoms. The molecule has 0 unspecified atom stereocenters. The number of carbonyl (C=O) groups excluding carboxylic acids is 2. The Morgan fingerprint density at radius 1 is 1.18 bits per heavy atom. The second kappa shape index (κ2) is 8.90. The van der Waals surface area contributed by atoms with Gasteiger partial charge in [-0.2, -0.15) is 9.61 Å². The van der Waals surface area contributed by atoms with Crippen molar-refractivity contribution in [2.75, 3.05) is 26.2 Å². The number of piperazine rings is 1. The van der Waals surface area contributed by atoms with Crippen LogP contribution < -0.4 is 10.9 Å². The highest BCUT2D eigenvalue weighted by Crippen LogP contribution is 2.28. The van der Waals surface area contributed by atoms with Crippen LogP contribution in [-0.2, 0) is 11.3 Å². The van der Waals surface area contributed by atoms with Crippen molar-refractivity contribution in [3.05, 3.63) is 33.8 Å². The molecule has 3 aliphatic rings. The van der Waals surface area contributed by atoms with E-state index < -0.39 is 11.5 Å². The van der Waals surface area contributed by atoms with Crippen molar-refractivity contribution in [2.24, 2.45) is 5.92 Å². The molecule has 2 amide bonds. The van der Waals surface area contributed by atoms with Crippen LogP contribution in [0.25, 0.3) is 11.7 Å². The Kier molecular flexibility index (Phi) is 5.93. The van der Waals surface area contributed by atoms with Gasteiger partial charge in [0.2, 0.25) is 11.8 Å². The molecular formula is C24H32N6O4. The molecule has 5 rings (SSSR count). The van der Waals surface area contributed by atoms with Crippen molar-refractivity contribution >= 4 is 23.5 Å². The molecule has 2 aromatic heterocycles. The van der Waals surface area contributed by atoms with Crippen LogP contribution in [0.3, 0.4) is 0 Å². The van der Waals surface area contributed by atoms with Crippen molar-refractivity contribution in [2.45, 2.75) is 58.2 Å². The summed E-state index contributed by atoms with van der Waals surface area (Å²) in [5.74, 6) is -0.913. The van der Waals surface area contributed by atoms with Crippen LogP contribution in [0, 0.1) is 5.92 Å². The molecular weight excluding hydrogens is 436 g/mol. The van der Waals surface area contributed by atoms with E-state index in [0.717, 1.165) is 30.4 Å². The Labute approximate surface area is 197 Å². The summed E-state index contributed by atoms with van der Waals surface area (Å²) >= 11 is 0. The van der Waals surface area contributed by atoms with Gasteiger partial charge in [0.05, 0.1) is 6.20 Å². The molecule has 0 bridgehead atoms. The lowest BCUT2D eigenvalue weighted by Crippen LogP contribution is -2.48. The molecule has 10 nitrogen and oxygen atoms in total. The van der Waals surface area contributed by atoms with Crippen LogP contribution in [0.2, 0.25) is 0 Å². The number of aromatic nitrogens is 3. The van der Waals surface area contributed by atoms with Crippen molar-refractivity contribution in [1.82, 2.24) is 29.3 Å². The summed E-state index contributed by atoms with van der Waals surface area (Å²) in [7, 11) is 0. The van der Waals surface area contributed by atoms with E-state index in [-0.39, 0.29) is 29.3 Å². The SMILES string of the molecule is CC(C)Cn1c(O)c(C(=O)NC2CC2)c(=O)n2ncc(/C=C/C(=O)N3CCN(C4CC4)CC3)c12. The summed E-state index contributed by atoms with van der Waals surface area (Å²) in [6, 6.07) is 0.752. The van der Waals surface area contributed by atoms with Gasteiger partial charge in [-0.15, -0.1) is 0 Å². The van der Waals surface area contributed by atoms with Crippen LogP contribution in [0.15, 0.2) is 17.1 Å². The quantitative estimate of drug-likeness (QED) is 0.588. The number of hydrogen-bond acceptors (Lipinski definition) is 6. The minimum atomic E-state index is -0.673. The van der Waals surface area contributed by atoms with Gasteiger partial charge in [-0.3, -0.25) is 23.9 Å². The van der Waals surface area contributed by atoms with E-state index in [2.05, 4.69) is 15.3 Å². The van der Waals surface area contributed by atoms with Gasteiger partial charge in [-0.05, 0) is 37.7 Å². The van der Waals surface area contributed by atoms with Crippen LogP contribution in [-0.4, -0.2) is 79.2 Å². The Bertz CT molecular complexity index is 1200. The number of hydrogen-bond donors (Lipinski definition) is 2. The molecule has 34 heavy (non-hydrogen) atoms. The van der Waals surface area contributed by atoms with Gasteiger partial charge in [0.25, 0.3) is 11.5 Å². The average molecular weight is 469 g/mol. The van der Waals surface area contributed by atoms with Crippen molar-refractivity contribution in [3.63, 3.8) is 0 Å². The molecule has 3 heterocycles. The lowest BCUT2D eigenvalue weighted by Gasteiger charge is -2.34. The molecule has 0 atom stereocenters. The van der Waals surface area contributed by atoms with E-state index in [1.807, 2.05) is 18.7 Å². The number of fused-ring (bicyclic) bond motifs is 1. The lowest BCUT2D eigenvalue weighted by molar-refractivity contribution is -0.127. The number of nitrogens with one attached hydrogen (secondary N) is 1. The zero-order valence-electron chi connectivity index (χ0n) is 19.7. The minimum absolute atomic E-state index is 0.0498. The average Bonchev–Trinajstić information content (AvgIpc) is 3.74. The number of rotatable bonds is 7. The Morgan fingerprint density at radius 3 is 2.50 bits per heavy atom. The van der Waals surface area contributed by atoms with Crippen LogP contribution in [0.4, 0.5) is 0 Å². The largest absolute Gasteiger partial charge is 0.494 e. The van der Waals surface area contributed by atoms with Crippen LogP contribution in [0.1, 0.15) is 55.5 Å². The summed E-state index contributed by atoms with van der Waals surface area (Å²) in [6.45, 7) is 7.54. The third-order valence-corrected chi connectivity index (χ3v) is 6.69. The van der Waals surface area contributed by atoms with Gasteiger partial charge >= 0.3 is 0 Å². The molecule has 1 aliphatic heterocycles. The number of carbonyl (C=O) groups is 2. The predicted octanol–water partition coefficient (Wildman–Crippen LogP) is 1.07. The summed E-state index contributed by atoms with van der Waals surface area (Å²) < 4.78 is 2.68. The maximum atomic E-state index is 13.1. The number of aromatic hydroxyl groups is 1. The second-order valence-electron chi connectivity index (χ2n) is 10.0. The Balaban J connectivity index is 1.44. The molecule has 0 radical (unpaired) electrons. The standard InChI is InChI=1S/C24H32N6O4/c1-15(2)14-29-22-16(3-8-19(31)28-11-9-27(10-12-28)18-6-7-18)13-25-30(22)24(34)20(23(29)33)21(32)26-17-4-5-17/h3,8,13,15,17-18,33H,4-7,9-12,14H2,1-2H3,(H,26,32)/b8-3+. The molecule has 0 spiro atoms. The molecule has 182 valence electrons. The van der Waals surface area contributed by atoms with Crippen molar-refractivity contribution in [3.8, 4) is 5.88 Å². The maximum absolute atomic E-state index is 13.1. The van der Waals surface area contributed by atoms with E-state index in [1.165, 1.54) is 25.1 Å². The number of nitrogens with zero attached hydrogens (tertiary/aromatic N) is 5. The van der Waals surface area contributed by atoms with Crippen molar-refractivity contribution in [1.29, 1.82) is 0 Å². The van der Waals surface area contributed by atoms with Gasteiger partial charge in [0.15, 0.2) is 5.56 Å². The maximum Gasteiger partial charge on any atom is 0.291 e. The molecule has 1 saturated heterocycles. The first-order valence-electron chi connectivity index (χ1n) is 12.2. The zero-order chi connectivity index (χ0) is 24.0. The van der Waals surface area contributed by atoms with Crippen LogP contribution in [0.5, 0.6) is 5.88 Å². The zero-order valence-corrected chi connectivity index (χ0v) is 19.7. The highest BCUT2D eigenvalue weighted by atomic mass is 16.3. The summed E-state index contributed by atoms with van der Waals surface area (Å²) in [6.07, 6.45) is 8.89. The summed E-state index contributed by atoms with van der Waals surface area (Å²) in [5, 5.41) is 18.0. The molecule has 2 aromatic rings. The first-order chi connectivity index (χ1) is 16.3. The monoisotopic (exact) mass is 468 g/mol. The normalized spacial score (nSPS) is 19.4. The first kappa shape index (κ1) is 22.6. The minimum Gasteiger partial charge on any atom is -0.494 e. The molecule has 0 aromatic carbocycles. The fourth-order valence-corrected chi connectivity index (χ4v) is 4.56. The topological polar surface area (TPSA) is 112 Å². The Hall–Kier alpha value is -3.14. The van der Waals surface area contributed by atoms with E-state index in [4.69, 9.17) is 0 Å². The molecule has 2 N–H and O–H groups in total. The lowest BCUT2D eigenvalue weighted by atomic mass is 10.2. The highest BCUT2D eigenvalue weighted by Gasteiger charge is 2.32. The van der Waals surface area contributed by atoms with Gasteiger partial charge in [0.1, 0.15) is 5.65 Å². The molecule has 2 aliphatic carbocycles. The van der Waals surface area contributed by atoms with E-state index >= 15 is 0 Å². The van der Waals surface area contributed by atoms with E-state index in [0.29, 0.717) is 36.9 Å². The van der Waals surface area contributed by atoms with E-state index in [1.54, 1.807) is 10.6 Å². The van der Waals surface area contributed by atoms with E-state index in [9.17, 15) is 19.5 Å². The van der Waals surface area contributed by atoms with Crippen LogP contribution >= 0.6 is 0 Å². The first-order valence-corrected chi connectivity index (χ1v) is 12.2. The van der Waals surface area contributed by atoms with Gasteiger partial charge < -0.3 is 15.3 Å². The fraction of sp³-hybridized carbons (Fsp3) is 0.583. The summed E-state index contributed by atoms with van der Waals surface area (Å²) in [5.41, 5.74) is -0.0786. The van der Waals surface area contributed by atoms with Crippen molar-refractivity contribution < 1.29 is 14.7 Å².